The fraction of sp³-hybridized carbons (Fsp3) is 0.520. The summed E-state index contributed by atoms with van der Waals surface area (Å²) in [5, 5.41) is 4.51. The van der Waals surface area contributed by atoms with Crippen molar-refractivity contribution < 1.29 is 4.79 Å². The van der Waals surface area contributed by atoms with E-state index in [9.17, 15) is 4.79 Å². The SMILES string of the molecule is O=C(NC1CN(c2ccc(Cl)cn2)CCC1CCCN1CCCCC1)c1cccc(Cl)c1. The molecule has 32 heavy (non-hydrogen) atoms. The molecule has 2 aliphatic rings. The van der Waals surface area contributed by atoms with Gasteiger partial charge in [-0.05, 0) is 88.0 Å². The van der Waals surface area contributed by atoms with Crippen LogP contribution in [0.25, 0.3) is 0 Å². The van der Waals surface area contributed by atoms with Crippen LogP contribution in [-0.4, -0.2) is 54.6 Å². The highest BCUT2D eigenvalue weighted by molar-refractivity contribution is 6.31. The molecule has 2 atom stereocenters. The monoisotopic (exact) mass is 474 g/mol. The third-order valence-electron chi connectivity index (χ3n) is 6.69. The van der Waals surface area contributed by atoms with Crippen LogP contribution in [0, 0.1) is 5.92 Å². The molecule has 172 valence electrons. The van der Waals surface area contributed by atoms with Crippen LogP contribution in [0.1, 0.15) is 48.9 Å². The maximum Gasteiger partial charge on any atom is 0.251 e. The lowest BCUT2D eigenvalue weighted by molar-refractivity contribution is 0.0912. The van der Waals surface area contributed by atoms with E-state index in [1.54, 1.807) is 18.3 Å². The van der Waals surface area contributed by atoms with E-state index in [1.165, 1.54) is 38.8 Å². The number of rotatable bonds is 7. The summed E-state index contributed by atoms with van der Waals surface area (Å²) < 4.78 is 0. The minimum absolute atomic E-state index is 0.0639. The summed E-state index contributed by atoms with van der Waals surface area (Å²) in [4.78, 5) is 22.3. The molecule has 0 spiro atoms. The van der Waals surface area contributed by atoms with Crippen molar-refractivity contribution in [2.75, 3.05) is 37.6 Å². The first-order valence-electron chi connectivity index (χ1n) is 11.7. The maximum atomic E-state index is 13.0. The lowest BCUT2D eigenvalue weighted by atomic mass is 9.87. The molecule has 0 aliphatic carbocycles. The van der Waals surface area contributed by atoms with Crippen LogP contribution in [0.2, 0.25) is 10.0 Å². The number of amides is 1. The number of anilines is 1. The molecule has 4 rings (SSSR count). The Morgan fingerprint density at radius 1 is 1.06 bits per heavy atom. The summed E-state index contributed by atoms with van der Waals surface area (Å²) in [5.74, 6) is 1.29. The summed E-state index contributed by atoms with van der Waals surface area (Å²) >= 11 is 12.1. The quantitative estimate of drug-likeness (QED) is 0.592. The predicted octanol–water partition coefficient (Wildman–Crippen LogP) is 5.28. The van der Waals surface area contributed by atoms with Gasteiger partial charge >= 0.3 is 0 Å². The second kappa shape index (κ2) is 11.4. The highest BCUT2D eigenvalue weighted by Crippen LogP contribution is 2.27. The predicted molar refractivity (Wildman–Crippen MR) is 132 cm³/mol. The van der Waals surface area contributed by atoms with Gasteiger partial charge in [0.1, 0.15) is 5.82 Å². The normalized spacial score (nSPS) is 22.0. The molecule has 7 heteroatoms. The summed E-state index contributed by atoms with van der Waals surface area (Å²) in [7, 11) is 0. The number of carbonyl (C=O) groups is 1. The standard InChI is InChI=1S/C25H32Cl2N4O/c26-21-8-4-6-20(16-21)25(32)29-23-18-31(24-10-9-22(27)17-28-24)15-11-19(23)7-5-14-30-12-2-1-3-13-30/h4,6,8-10,16-17,19,23H,1-3,5,7,11-15,18H2,(H,29,32). The van der Waals surface area contributed by atoms with E-state index in [1.807, 2.05) is 24.3 Å². The van der Waals surface area contributed by atoms with E-state index in [0.717, 1.165) is 38.3 Å². The number of likely N-dealkylation sites (tertiary alicyclic amines) is 1. The number of aromatic nitrogens is 1. The van der Waals surface area contributed by atoms with Crippen molar-refractivity contribution in [3.63, 3.8) is 0 Å². The smallest absolute Gasteiger partial charge is 0.251 e. The van der Waals surface area contributed by atoms with Crippen molar-refractivity contribution in [1.29, 1.82) is 0 Å². The molecule has 2 aliphatic heterocycles. The second-order valence-electron chi connectivity index (χ2n) is 8.96. The highest BCUT2D eigenvalue weighted by atomic mass is 35.5. The number of hydrogen-bond donors (Lipinski definition) is 1. The third-order valence-corrected chi connectivity index (χ3v) is 7.15. The Bertz CT molecular complexity index is 886. The van der Waals surface area contributed by atoms with Gasteiger partial charge < -0.3 is 15.1 Å². The van der Waals surface area contributed by atoms with Gasteiger partial charge in [0.25, 0.3) is 5.91 Å². The fourth-order valence-electron chi connectivity index (χ4n) is 4.91. The number of benzene rings is 1. The molecule has 0 saturated carbocycles. The van der Waals surface area contributed by atoms with Gasteiger partial charge in [0.15, 0.2) is 0 Å². The molecule has 2 saturated heterocycles. The van der Waals surface area contributed by atoms with Gasteiger partial charge in [0.2, 0.25) is 0 Å². The Morgan fingerprint density at radius 2 is 1.91 bits per heavy atom. The summed E-state index contributed by atoms with van der Waals surface area (Å²) in [5.41, 5.74) is 0.603. The Balaban J connectivity index is 1.41. The van der Waals surface area contributed by atoms with Crippen molar-refractivity contribution in [1.82, 2.24) is 15.2 Å². The fourth-order valence-corrected chi connectivity index (χ4v) is 5.22. The number of piperidine rings is 2. The third kappa shape index (κ3) is 6.37. The Labute approximate surface area is 201 Å². The second-order valence-corrected chi connectivity index (χ2v) is 9.84. The van der Waals surface area contributed by atoms with Crippen LogP contribution in [0.4, 0.5) is 5.82 Å². The van der Waals surface area contributed by atoms with E-state index in [4.69, 9.17) is 23.2 Å². The van der Waals surface area contributed by atoms with Crippen molar-refractivity contribution in [3.05, 3.63) is 58.2 Å². The molecule has 2 aromatic rings. The molecule has 1 aromatic heterocycles. The Morgan fingerprint density at radius 3 is 2.66 bits per heavy atom. The topological polar surface area (TPSA) is 48.5 Å². The minimum Gasteiger partial charge on any atom is -0.355 e. The molecule has 1 N–H and O–H groups in total. The first-order chi connectivity index (χ1) is 15.6. The van der Waals surface area contributed by atoms with Crippen LogP contribution in [0.5, 0.6) is 0 Å². The maximum absolute atomic E-state index is 13.0. The Hall–Kier alpha value is -1.82. The van der Waals surface area contributed by atoms with E-state index in [-0.39, 0.29) is 11.9 Å². The zero-order valence-corrected chi connectivity index (χ0v) is 20.0. The number of hydrogen-bond acceptors (Lipinski definition) is 4. The van der Waals surface area contributed by atoms with E-state index in [0.29, 0.717) is 21.5 Å². The van der Waals surface area contributed by atoms with Crippen LogP contribution >= 0.6 is 23.2 Å². The molecular formula is C25H32Cl2N4O. The highest BCUT2D eigenvalue weighted by Gasteiger charge is 2.31. The van der Waals surface area contributed by atoms with Gasteiger partial charge in [-0.25, -0.2) is 4.98 Å². The van der Waals surface area contributed by atoms with Crippen molar-refractivity contribution in [2.45, 2.75) is 44.6 Å². The van der Waals surface area contributed by atoms with E-state index in [2.05, 4.69) is 20.1 Å². The molecule has 2 fully saturated rings. The zero-order valence-electron chi connectivity index (χ0n) is 18.5. The van der Waals surface area contributed by atoms with Crippen LogP contribution in [0.15, 0.2) is 42.6 Å². The largest absolute Gasteiger partial charge is 0.355 e. The summed E-state index contributed by atoms with van der Waals surface area (Å²) in [6, 6.07) is 11.0. The van der Waals surface area contributed by atoms with Crippen molar-refractivity contribution >= 4 is 34.9 Å². The van der Waals surface area contributed by atoms with Crippen LogP contribution in [0.3, 0.4) is 0 Å². The number of carbonyl (C=O) groups excluding carboxylic acids is 1. The van der Waals surface area contributed by atoms with E-state index >= 15 is 0 Å². The van der Waals surface area contributed by atoms with E-state index < -0.39 is 0 Å². The molecular weight excluding hydrogens is 443 g/mol. The minimum atomic E-state index is -0.0653. The lowest BCUT2D eigenvalue weighted by Crippen LogP contribution is -2.53. The van der Waals surface area contributed by atoms with Gasteiger partial charge in [-0.3, -0.25) is 4.79 Å². The average molecular weight is 475 g/mol. The molecule has 1 amide bonds. The first-order valence-corrected chi connectivity index (χ1v) is 12.5. The summed E-state index contributed by atoms with van der Waals surface area (Å²) in [6.45, 7) is 5.31. The molecule has 0 bridgehead atoms. The number of nitrogens with zero attached hydrogens (tertiary/aromatic N) is 3. The number of nitrogens with one attached hydrogen (secondary N) is 1. The lowest BCUT2D eigenvalue weighted by Gasteiger charge is -2.40. The average Bonchev–Trinajstić information content (AvgIpc) is 2.81. The van der Waals surface area contributed by atoms with Gasteiger partial charge in [0.05, 0.1) is 5.02 Å². The number of pyridine rings is 1. The van der Waals surface area contributed by atoms with Gasteiger partial charge in [0, 0.05) is 35.9 Å². The summed E-state index contributed by atoms with van der Waals surface area (Å²) in [6.07, 6.45) is 9.03. The molecule has 1 aromatic carbocycles. The van der Waals surface area contributed by atoms with Crippen molar-refractivity contribution in [2.24, 2.45) is 5.92 Å². The van der Waals surface area contributed by atoms with Gasteiger partial charge in [-0.15, -0.1) is 0 Å². The van der Waals surface area contributed by atoms with Gasteiger partial charge in [-0.1, -0.05) is 35.7 Å². The molecule has 5 nitrogen and oxygen atoms in total. The Kier molecular flexibility index (Phi) is 8.28. The molecule has 2 unspecified atom stereocenters. The zero-order chi connectivity index (χ0) is 22.3. The first kappa shape index (κ1) is 23.3. The molecule has 3 heterocycles. The van der Waals surface area contributed by atoms with Crippen molar-refractivity contribution in [3.8, 4) is 0 Å². The number of halogens is 2. The van der Waals surface area contributed by atoms with Gasteiger partial charge in [-0.2, -0.15) is 0 Å². The van der Waals surface area contributed by atoms with Crippen LogP contribution < -0.4 is 10.2 Å². The van der Waals surface area contributed by atoms with Crippen LogP contribution in [-0.2, 0) is 0 Å². The molecule has 0 radical (unpaired) electrons.